The Morgan fingerprint density at radius 1 is 1.16 bits per heavy atom. The number of amides is 1. The van der Waals surface area contributed by atoms with Crippen molar-refractivity contribution in [3.05, 3.63) is 66.1 Å². The third-order valence-electron chi connectivity index (χ3n) is 3.92. The van der Waals surface area contributed by atoms with Crippen LogP contribution >= 0.6 is 0 Å². The first-order valence-electron chi connectivity index (χ1n) is 7.67. The van der Waals surface area contributed by atoms with Gasteiger partial charge in [-0.1, -0.05) is 24.3 Å². The molecule has 0 spiro atoms. The van der Waals surface area contributed by atoms with Gasteiger partial charge in [0.1, 0.15) is 0 Å². The fraction of sp³-hybridized carbons (Fsp3) is 0.111. The predicted molar refractivity (Wildman–Crippen MR) is 87.7 cm³/mol. The van der Waals surface area contributed by atoms with Crippen LogP contribution in [0.1, 0.15) is 15.9 Å². The number of rotatable bonds is 3. The molecule has 1 aliphatic rings. The number of hydrogen-bond donors (Lipinski definition) is 1. The van der Waals surface area contributed by atoms with E-state index in [-0.39, 0.29) is 5.91 Å². The van der Waals surface area contributed by atoms with Crippen LogP contribution in [0.3, 0.4) is 0 Å². The Balaban J connectivity index is 1.52. The van der Waals surface area contributed by atoms with Gasteiger partial charge in [0.05, 0.1) is 5.56 Å². The molecule has 4 rings (SSSR count). The summed E-state index contributed by atoms with van der Waals surface area (Å²) in [5, 5.41) is 10.2. The first-order valence-corrected chi connectivity index (χ1v) is 7.67. The Morgan fingerprint density at radius 2 is 2.04 bits per heavy atom. The van der Waals surface area contributed by atoms with E-state index in [4.69, 9.17) is 9.15 Å². The van der Waals surface area contributed by atoms with Gasteiger partial charge in [-0.25, -0.2) is 4.79 Å². The van der Waals surface area contributed by atoms with E-state index >= 15 is 0 Å². The zero-order valence-electron chi connectivity index (χ0n) is 13.0. The maximum atomic E-state index is 12.5. The highest BCUT2D eigenvalue weighted by Gasteiger charge is 2.31. The van der Waals surface area contributed by atoms with Crippen molar-refractivity contribution in [2.45, 2.75) is 12.5 Å². The lowest BCUT2D eigenvalue weighted by Crippen LogP contribution is -2.37. The molecule has 7 heteroatoms. The molecule has 0 saturated carbocycles. The summed E-state index contributed by atoms with van der Waals surface area (Å²) in [6.45, 7) is 0. The summed E-state index contributed by atoms with van der Waals surface area (Å²) >= 11 is 0. The molecule has 3 aromatic rings. The molecular formula is C18H13N3O4. The van der Waals surface area contributed by atoms with Gasteiger partial charge in [0.2, 0.25) is 12.3 Å². The summed E-state index contributed by atoms with van der Waals surface area (Å²) in [6, 6.07) is 14.1. The second-order valence-electron chi connectivity index (χ2n) is 5.57. The van der Waals surface area contributed by atoms with Crippen molar-refractivity contribution < 1.29 is 18.7 Å². The minimum atomic E-state index is -0.866. The highest BCUT2D eigenvalue weighted by atomic mass is 16.5. The fourth-order valence-electron chi connectivity index (χ4n) is 2.73. The van der Waals surface area contributed by atoms with Crippen LogP contribution in [0, 0.1) is 0 Å². The second kappa shape index (κ2) is 6.20. The molecule has 2 heterocycles. The van der Waals surface area contributed by atoms with Gasteiger partial charge in [-0.2, -0.15) is 0 Å². The Bertz CT molecular complexity index is 937. The number of nitrogens with one attached hydrogen (secondary N) is 1. The molecule has 0 aliphatic carbocycles. The van der Waals surface area contributed by atoms with Gasteiger partial charge in [-0.15, -0.1) is 10.2 Å². The number of carbonyl (C=O) groups is 2. The van der Waals surface area contributed by atoms with E-state index < -0.39 is 12.1 Å². The number of ether oxygens (including phenoxy) is 1. The average Bonchev–Trinajstić information content (AvgIpc) is 3.17. The van der Waals surface area contributed by atoms with E-state index in [1.807, 2.05) is 12.1 Å². The molecule has 0 fully saturated rings. The topological polar surface area (TPSA) is 94.3 Å². The minimum Gasteiger partial charge on any atom is -0.448 e. The molecule has 1 amide bonds. The van der Waals surface area contributed by atoms with Crippen LogP contribution in [-0.2, 0) is 16.0 Å². The highest BCUT2D eigenvalue weighted by molar-refractivity contribution is 6.00. The van der Waals surface area contributed by atoms with Gasteiger partial charge in [-0.05, 0) is 29.8 Å². The quantitative estimate of drug-likeness (QED) is 0.739. The van der Waals surface area contributed by atoms with Crippen LogP contribution in [0.2, 0.25) is 0 Å². The molecule has 124 valence electrons. The number of esters is 1. The number of nitrogens with zero attached hydrogens (tertiary/aromatic N) is 2. The summed E-state index contributed by atoms with van der Waals surface area (Å²) in [5.74, 6) is -0.513. The summed E-state index contributed by atoms with van der Waals surface area (Å²) < 4.78 is 10.4. The maximum Gasteiger partial charge on any atom is 0.339 e. The minimum absolute atomic E-state index is 0.344. The smallest absolute Gasteiger partial charge is 0.339 e. The standard InChI is InChI=1S/C18H13N3O4/c22-16(15-9-11-4-1-2-7-14(11)18(23)25-15)20-13-6-3-5-12(8-13)17-21-19-10-24-17/h1-8,10,15H,9H2,(H,20,22). The Hall–Kier alpha value is -3.48. The second-order valence-corrected chi connectivity index (χ2v) is 5.57. The van der Waals surface area contributed by atoms with Crippen LogP contribution in [0.15, 0.2) is 59.3 Å². The van der Waals surface area contributed by atoms with Gasteiger partial charge >= 0.3 is 5.97 Å². The van der Waals surface area contributed by atoms with E-state index in [1.54, 1.807) is 36.4 Å². The SMILES string of the molecule is O=C1OC(C(=O)Nc2cccc(-c3nnco3)c2)Cc2ccccc21. The summed E-state index contributed by atoms with van der Waals surface area (Å²) in [4.78, 5) is 24.5. The molecule has 1 N–H and O–H groups in total. The van der Waals surface area contributed by atoms with Crippen molar-refractivity contribution >= 4 is 17.6 Å². The predicted octanol–water partition coefficient (Wildman–Crippen LogP) is 2.46. The molecule has 0 radical (unpaired) electrons. The highest BCUT2D eigenvalue weighted by Crippen LogP contribution is 2.23. The third-order valence-corrected chi connectivity index (χ3v) is 3.92. The molecule has 25 heavy (non-hydrogen) atoms. The molecule has 2 aromatic carbocycles. The molecular weight excluding hydrogens is 322 g/mol. The zero-order valence-corrected chi connectivity index (χ0v) is 13.0. The van der Waals surface area contributed by atoms with Crippen molar-refractivity contribution in [3.63, 3.8) is 0 Å². The number of benzene rings is 2. The van der Waals surface area contributed by atoms with Crippen molar-refractivity contribution in [1.82, 2.24) is 10.2 Å². The number of fused-ring (bicyclic) bond motifs is 1. The van der Waals surface area contributed by atoms with Crippen molar-refractivity contribution in [2.75, 3.05) is 5.32 Å². The largest absolute Gasteiger partial charge is 0.448 e. The van der Waals surface area contributed by atoms with Gasteiger partial charge in [0, 0.05) is 17.7 Å². The summed E-state index contributed by atoms with van der Waals surface area (Å²) in [5.41, 5.74) is 2.54. The first-order chi connectivity index (χ1) is 12.2. The normalized spacial score (nSPS) is 16.0. The van der Waals surface area contributed by atoms with Gasteiger partial charge in [-0.3, -0.25) is 4.79 Å². The van der Waals surface area contributed by atoms with E-state index in [0.29, 0.717) is 29.1 Å². The van der Waals surface area contributed by atoms with E-state index in [0.717, 1.165) is 5.56 Å². The van der Waals surface area contributed by atoms with Crippen molar-refractivity contribution in [3.8, 4) is 11.5 Å². The number of hydrogen-bond acceptors (Lipinski definition) is 6. The summed E-state index contributed by atoms with van der Waals surface area (Å²) in [6.07, 6.45) is 0.714. The maximum absolute atomic E-state index is 12.5. The molecule has 7 nitrogen and oxygen atoms in total. The zero-order chi connectivity index (χ0) is 17.2. The van der Waals surface area contributed by atoms with Gasteiger partial charge in [0.25, 0.3) is 5.91 Å². The van der Waals surface area contributed by atoms with E-state index in [2.05, 4.69) is 15.5 Å². The molecule has 1 aromatic heterocycles. The number of carbonyl (C=O) groups excluding carboxylic acids is 2. The van der Waals surface area contributed by atoms with Crippen LogP contribution < -0.4 is 5.32 Å². The third kappa shape index (κ3) is 2.99. The lowest BCUT2D eigenvalue weighted by Gasteiger charge is -2.23. The Morgan fingerprint density at radius 3 is 2.88 bits per heavy atom. The first kappa shape index (κ1) is 15.1. The Kier molecular flexibility index (Phi) is 3.74. The molecule has 0 saturated heterocycles. The lowest BCUT2D eigenvalue weighted by molar-refractivity contribution is -0.125. The molecule has 1 atom stereocenters. The summed E-state index contributed by atoms with van der Waals surface area (Å²) in [7, 11) is 0. The fourth-order valence-corrected chi connectivity index (χ4v) is 2.73. The van der Waals surface area contributed by atoms with Crippen molar-refractivity contribution in [1.29, 1.82) is 0 Å². The molecule has 1 aliphatic heterocycles. The molecule has 1 unspecified atom stereocenters. The van der Waals surface area contributed by atoms with E-state index in [9.17, 15) is 9.59 Å². The van der Waals surface area contributed by atoms with Crippen LogP contribution in [0.25, 0.3) is 11.5 Å². The number of cyclic esters (lactones) is 1. The van der Waals surface area contributed by atoms with Crippen LogP contribution in [0.4, 0.5) is 5.69 Å². The lowest BCUT2D eigenvalue weighted by atomic mass is 9.98. The monoisotopic (exact) mass is 335 g/mol. The van der Waals surface area contributed by atoms with Gasteiger partial charge in [0.15, 0.2) is 6.10 Å². The number of aromatic nitrogens is 2. The average molecular weight is 335 g/mol. The van der Waals surface area contributed by atoms with Crippen LogP contribution in [-0.4, -0.2) is 28.2 Å². The molecule has 0 bridgehead atoms. The van der Waals surface area contributed by atoms with Gasteiger partial charge < -0.3 is 14.5 Å². The Labute approximate surface area is 142 Å². The van der Waals surface area contributed by atoms with E-state index in [1.165, 1.54) is 6.39 Å². The van der Waals surface area contributed by atoms with Crippen LogP contribution in [0.5, 0.6) is 0 Å². The van der Waals surface area contributed by atoms with Crippen molar-refractivity contribution in [2.24, 2.45) is 0 Å². The number of anilines is 1.